The average Bonchev–Trinajstić information content (AvgIpc) is 2.27. The minimum absolute atomic E-state index is 0.0979. The summed E-state index contributed by atoms with van der Waals surface area (Å²) in [6, 6.07) is 9.24. The van der Waals surface area contributed by atoms with E-state index in [1.807, 2.05) is 30.3 Å². The Labute approximate surface area is 118 Å². The molecule has 0 aliphatic rings. The molecule has 0 saturated carbocycles. The predicted molar refractivity (Wildman–Crippen MR) is 76.3 cm³/mol. The first kappa shape index (κ1) is 16.4. The Kier molecular flexibility index (Phi) is 5.79. The normalized spacial score (nSPS) is 14.2. The van der Waals surface area contributed by atoms with Crippen LogP contribution in [0.3, 0.4) is 0 Å². The molecule has 108 valence electrons. The Morgan fingerprint density at radius 3 is 2.26 bits per heavy atom. The van der Waals surface area contributed by atoms with E-state index >= 15 is 0 Å². The summed E-state index contributed by atoms with van der Waals surface area (Å²) in [6.07, 6.45) is 0. The largest absolute Gasteiger partial charge is 0.233 e. The van der Waals surface area contributed by atoms with Gasteiger partial charge in [0.2, 0.25) is 19.1 Å². The Hall–Kier alpha value is -0.630. The molecule has 1 unspecified atom stereocenters. The minimum Gasteiger partial charge on any atom is -0.214 e. The van der Waals surface area contributed by atoms with Crippen LogP contribution in [-0.2, 0) is 19.1 Å². The summed E-state index contributed by atoms with van der Waals surface area (Å²) in [4.78, 5) is 0. The smallest absolute Gasteiger partial charge is 0.214 e. The van der Waals surface area contributed by atoms with Crippen molar-refractivity contribution in [2.24, 2.45) is 0 Å². The van der Waals surface area contributed by atoms with Crippen LogP contribution in [0.4, 0.5) is 0 Å². The third-order valence-electron chi connectivity index (χ3n) is 2.51. The Bertz CT molecular complexity index is 599. The second-order valence-corrected chi connectivity index (χ2v) is 8.98. The number of rotatable bonds is 7. The number of hydrogen-bond acceptors (Lipinski definition) is 4. The molecule has 1 N–H and O–H groups in total. The van der Waals surface area contributed by atoms with E-state index < -0.39 is 24.8 Å². The van der Waals surface area contributed by atoms with Gasteiger partial charge in [0.25, 0.3) is 0 Å². The standard InChI is InChI=1S/C11H16ClNO4S2/c1-10(11-5-3-2-4-6-11)9-19(16,17)13-7-8-18(12,14)15/h2-6,10,13H,7-9H2,1H3. The van der Waals surface area contributed by atoms with Crippen LogP contribution in [0.2, 0.25) is 0 Å². The molecule has 0 heterocycles. The zero-order valence-electron chi connectivity index (χ0n) is 10.4. The summed E-state index contributed by atoms with van der Waals surface area (Å²) in [5.74, 6) is -0.696. The number of halogens is 1. The summed E-state index contributed by atoms with van der Waals surface area (Å²) in [5.41, 5.74) is 0.915. The van der Waals surface area contributed by atoms with Crippen molar-refractivity contribution in [3.8, 4) is 0 Å². The lowest BCUT2D eigenvalue weighted by molar-refractivity contribution is 0.577. The SMILES string of the molecule is CC(CS(=O)(=O)NCCS(=O)(=O)Cl)c1ccccc1. The third-order valence-corrected chi connectivity index (χ3v) is 5.24. The van der Waals surface area contributed by atoms with Crippen molar-refractivity contribution in [1.29, 1.82) is 0 Å². The van der Waals surface area contributed by atoms with Gasteiger partial charge in [0.1, 0.15) is 0 Å². The second kappa shape index (κ2) is 6.69. The van der Waals surface area contributed by atoms with E-state index in [1.54, 1.807) is 6.92 Å². The first-order chi connectivity index (χ1) is 8.70. The van der Waals surface area contributed by atoms with Gasteiger partial charge in [-0.25, -0.2) is 21.6 Å². The zero-order chi connectivity index (χ0) is 14.5. The van der Waals surface area contributed by atoms with E-state index in [2.05, 4.69) is 4.72 Å². The Morgan fingerprint density at radius 2 is 1.74 bits per heavy atom. The van der Waals surface area contributed by atoms with Gasteiger partial charge in [-0.05, 0) is 11.5 Å². The fraction of sp³-hybridized carbons (Fsp3) is 0.455. The molecule has 1 aromatic carbocycles. The van der Waals surface area contributed by atoms with Gasteiger partial charge in [-0.15, -0.1) is 0 Å². The van der Waals surface area contributed by atoms with Crippen molar-refractivity contribution in [2.45, 2.75) is 12.8 Å². The molecule has 0 radical (unpaired) electrons. The number of hydrogen-bond donors (Lipinski definition) is 1. The monoisotopic (exact) mass is 325 g/mol. The maximum atomic E-state index is 11.8. The summed E-state index contributed by atoms with van der Waals surface area (Å²) >= 11 is 0. The highest BCUT2D eigenvalue weighted by Crippen LogP contribution is 2.16. The molecule has 1 aromatic rings. The van der Waals surface area contributed by atoms with Crippen LogP contribution in [0.15, 0.2) is 30.3 Å². The molecular weight excluding hydrogens is 310 g/mol. The molecule has 0 aromatic heterocycles. The zero-order valence-corrected chi connectivity index (χ0v) is 12.8. The quantitative estimate of drug-likeness (QED) is 0.766. The van der Waals surface area contributed by atoms with Crippen LogP contribution in [0.1, 0.15) is 18.4 Å². The van der Waals surface area contributed by atoms with Crippen LogP contribution >= 0.6 is 10.7 Å². The molecule has 19 heavy (non-hydrogen) atoms. The molecule has 0 saturated heterocycles. The van der Waals surface area contributed by atoms with E-state index in [0.717, 1.165) is 5.56 Å². The second-order valence-electron chi connectivity index (χ2n) is 4.23. The van der Waals surface area contributed by atoms with Crippen LogP contribution in [-0.4, -0.2) is 34.9 Å². The van der Waals surface area contributed by atoms with E-state index in [-0.39, 0.29) is 18.2 Å². The third kappa shape index (κ3) is 6.91. The lowest BCUT2D eigenvalue weighted by Gasteiger charge is -2.12. The van der Waals surface area contributed by atoms with Crippen molar-refractivity contribution in [2.75, 3.05) is 18.1 Å². The molecule has 1 rings (SSSR count). The molecule has 0 spiro atoms. The summed E-state index contributed by atoms with van der Waals surface area (Å²) in [6.45, 7) is 1.59. The lowest BCUT2D eigenvalue weighted by Crippen LogP contribution is -2.31. The van der Waals surface area contributed by atoms with Gasteiger partial charge in [0, 0.05) is 17.2 Å². The number of benzene rings is 1. The van der Waals surface area contributed by atoms with E-state index in [9.17, 15) is 16.8 Å². The first-order valence-corrected chi connectivity index (χ1v) is 9.77. The summed E-state index contributed by atoms with van der Waals surface area (Å²) in [5, 5.41) is 0. The average molecular weight is 326 g/mol. The molecule has 1 atom stereocenters. The minimum atomic E-state index is -3.68. The highest BCUT2D eigenvalue weighted by atomic mass is 35.7. The molecule has 0 aliphatic heterocycles. The maximum Gasteiger partial charge on any atom is 0.233 e. The van der Waals surface area contributed by atoms with Crippen molar-refractivity contribution in [1.82, 2.24) is 4.72 Å². The van der Waals surface area contributed by atoms with Crippen LogP contribution < -0.4 is 4.72 Å². The van der Waals surface area contributed by atoms with Crippen LogP contribution in [0, 0.1) is 0 Å². The fourth-order valence-corrected chi connectivity index (χ4v) is 3.67. The van der Waals surface area contributed by atoms with Gasteiger partial charge < -0.3 is 0 Å². The summed E-state index contributed by atoms with van der Waals surface area (Å²) in [7, 11) is -2.21. The van der Waals surface area contributed by atoms with E-state index in [4.69, 9.17) is 10.7 Å². The Balaban J connectivity index is 2.55. The predicted octanol–water partition coefficient (Wildman–Crippen LogP) is 1.28. The molecule has 0 fully saturated rings. The molecule has 0 amide bonds. The molecule has 8 heteroatoms. The van der Waals surface area contributed by atoms with Gasteiger partial charge in [0.05, 0.1) is 11.5 Å². The van der Waals surface area contributed by atoms with Gasteiger partial charge in [0.15, 0.2) is 0 Å². The number of nitrogens with one attached hydrogen (secondary N) is 1. The van der Waals surface area contributed by atoms with Gasteiger partial charge >= 0.3 is 0 Å². The fourth-order valence-electron chi connectivity index (χ4n) is 1.58. The van der Waals surface area contributed by atoms with Crippen LogP contribution in [0.25, 0.3) is 0 Å². The van der Waals surface area contributed by atoms with E-state index in [1.165, 1.54) is 0 Å². The van der Waals surface area contributed by atoms with Crippen molar-refractivity contribution < 1.29 is 16.8 Å². The van der Waals surface area contributed by atoms with Gasteiger partial charge in [-0.1, -0.05) is 37.3 Å². The highest BCUT2D eigenvalue weighted by molar-refractivity contribution is 8.13. The topological polar surface area (TPSA) is 80.3 Å². The van der Waals surface area contributed by atoms with Crippen molar-refractivity contribution >= 4 is 29.8 Å². The maximum absolute atomic E-state index is 11.8. The molecular formula is C11H16ClNO4S2. The van der Waals surface area contributed by atoms with Gasteiger partial charge in [-0.3, -0.25) is 0 Å². The highest BCUT2D eigenvalue weighted by Gasteiger charge is 2.17. The first-order valence-electron chi connectivity index (χ1n) is 5.64. The molecule has 0 bridgehead atoms. The molecule has 5 nitrogen and oxygen atoms in total. The van der Waals surface area contributed by atoms with Gasteiger partial charge in [-0.2, -0.15) is 0 Å². The number of sulfonamides is 1. The van der Waals surface area contributed by atoms with Crippen molar-refractivity contribution in [3.05, 3.63) is 35.9 Å². The van der Waals surface area contributed by atoms with E-state index in [0.29, 0.717) is 0 Å². The lowest BCUT2D eigenvalue weighted by atomic mass is 10.0. The van der Waals surface area contributed by atoms with Crippen molar-refractivity contribution in [3.63, 3.8) is 0 Å². The molecule has 0 aliphatic carbocycles. The summed E-state index contributed by atoms with van der Waals surface area (Å²) < 4.78 is 47.1. The van der Waals surface area contributed by atoms with Crippen LogP contribution in [0.5, 0.6) is 0 Å². The Morgan fingerprint density at radius 1 is 1.16 bits per heavy atom.